The lowest BCUT2D eigenvalue weighted by atomic mass is 9.94. The van der Waals surface area contributed by atoms with Crippen LogP contribution in [0.5, 0.6) is 0 Å². The molecular weight excluding hydrogens is 647 g/mol. The lowest BCUT2D eigenvalue weighted by molar-refractivity contribution is 1.07. The molecule has 0 unspecified atom stereocenters. The first-order chi connectivity index (χ1) is 25.7. The minimum Gasteiger partial charge on any atom is -0.258 e. The summed E-state index contributed by atoms with van der Waals surface area (Å²) in [4.78, 5) is 25.1. The van der Waals surface area contributed by atoms with Gasteiger partial charge in [0.05, 0.1) is 0 Å². The van der Waals surface area contributed by atoms with Crippen molar-refractivity contribution in [2.45, 2.75) is 34.6 Å². The predicted molar refractivity (Wildman–Crippen MR) is 220 cm³/mol. The summed E-state index contributed by atoms with van der Waals surface area (Å²) in [7, 11) is 0. The Balaban J connectivity index is 1.46. The minimum absolute atomic E-state index is 0.584. The molecule has 0 fully saturated rings. The Morgan fingerprint density at radius 1 is 0.453 bits per heavy atom. The maximum Gasteiger partial charge on any atom is 0.164 e. The number of aryl methyl sites for hydroxylation is 4. The second-order valence-electron chi connectivity index (χ2n) is 13.3. The van der Waals surface area contributed by atoms with Crippen LogP contribution in [0.15, 0.2) is 152 Å². The van der Waals surface area contributed by atoms with Crippen molar-refractivity contribution in [2.75, 3.05) is 0 Å². The Hall–Kier alpha value is -6.59. The molecule has 0 aliphatic carbocycles. The Bertz CT molecular complexity index is 2460. The average Bonchev–Trinajstić information content (AvgIpc) is 3.18. The normalized spacial score (nSPS) is 11.6. The van der Waals surface area contributed by atoms with Gasteiger partial charge in [-0.3, -0.25) is 9.97 Å². The minimum atomic E-state index is 0.584. The Labute approximate surface area is 312 Å². The number of hydrogen-bond acceptors (Lipinski definition) is 5. The van der Waals surface area contributed by atoms with Crippen molar-refractivity contribution >= 4 is 5.57 Å². The summed E-state index contributed by atoms with van der Waals surface area (Å²) in [5.74, 6) is 1.78. The molecule has 0 amide bonds. The Kier molecular flexibility index (Phi) is 10.1. The molecule has 3 heterocycles. The maximum absolute atomic E-state index is 5.20. The van der Waals surface area contributed by atoms with Gasteiger partial charge >= 0.3 is 0 Å². The van der Waals surface area contributed by atoms with E-state index in [0.29, 0.717) is 17.5 Å². The number of allylic oxidation sites excluding steroid dienone is 5. The number of nitrogens with zero attached hydrogens (tertiary/aromatic N) is 5. The molecule has 0 N–H and O–H groups in total. The zero-order valence-corrected chi connectivity index (χ0v) is 30.8. The van der Waals surface area contributed by atoms with E-state index >= 15 is 0 Å². The van der Waals surface area contributed by atoms with E-state index in [4.69, 9.17) is 24.9 Å². The molecule has 0 aliphatic heterocycles. The van der Waals surface area contributed by atoms with Crippen LogP contribution in [0.25, 0.3) is 73.1 Å². The van der Waals surface area contributed by atoms with Crippen molar-refractivity contribution in [1.29, 1.82) is 0 Å². The maximum atomic E-state index is 5.20. The van der Waals surface area contributed by atoms with E-state index in [-0.39, 0.29) is 0 Å². The van der Waals surface area contributed by atoms with Gasteiger partial charge in [0.2, 0.25) is 0 Å². The van der Waals surface area contributed by atoms with Crippen molar-refractivity contribution in [3.63, 3.8) is 0 Å². The summed E-state index contributed by atoms with van der Waals surface area (Å²) >= 11 is 0. The standard InChI is InChI=1S/C48H41N5/c1-7-8-10-15-31(2)37-18-13-20-39(26-37)46-51-47(40-21-14-19-38(27-40)36-16-11-9-12-17-36)53-48(52-46)43-29-41(44-24-22-32(3)49-34(44)5)28-42(30-43)45-25-23-33(4)50-35(45)6/h7-30H,1H2,2-6H3/b10-8-,31-15+. The SMILES string of the molecule is C=C/C=C\C=C(/C)c1cccc(-c2nc(-c3cccc(-c4ccccc4)c3)nc(-c3cc(-c4ccc(C)nc4C)cc(-c4ccc(C)nc4C)c3)n2)c1. The molecule has 53 heavy (non-hydrogen) atoms. The quantitative estimate of drug-likeness (QED) is 0.141. The highest BCUT2D eigenvalue weighted by Gasteiger charge is 2.17. The van der Waals surface area contributed by atoms with E-state index in [0.717, 1.165) is 84.0 Å². The van der Waals surface area contributed by atoms with Crippen LogP contribution >= 0.6 is 0 Å². The average molecular weight is 688 g/mol. The molecule has 258 valence electrons. The van der Waals surface area contributed by atoms with E-state index < -0.39 is 0 Å². The molecule has 7 aromatic rings. The second-order valence-corrected chi connectivity index (χ2v) is 13.3. The van der Waals surface area contributed by atoms with E-state index in [2.05, 4.69) is 149 Å². The fourth-order valence-corrected chi connectivity index (χ4v) is 6.56. The smallest absolute Gasteiger partial charge is 0.164 e. The van der Waals surface area contributed by atoms with Crippen molar-refractivity contribution in [1.82, 2.24) is 24.9 Å². The third-order valence-electron chi connectivity index (χ3n) is 9.30. The summed E-state index contributed by atoms with van der Waals surface area (Å²) < 4.78 is 0. The van der Waals surface area contributed by atoms with Crippen LogP contribution in [0.3, 0.4) is 0 Å². The van der Waals surface area contributed by atoms with Crippen LogP contribution in [0, 0.1) is 27.7 Å². The third kappa shape index (κ3) is 7.85. The molecule has 0 saturated carbocycles. The highest BCUT2D eigenvalue weighted by Crippen LogP contribution is 2.36. The molecule has 0 spiro atoms. The van der Waals surface area contributed by atoms with Crippen molar-refractivity contribution in [3.05, 3.63) is 181 Å². The van der Waals surface area contributed by atoms with Gasteiger partial charge in [-0.15, -0.1) is 0 Å². The summed E-state index contributed by atoms with van der Waals surface area (Å²) in [5, 5.41) is 0. The summed E-state index contributed by atoms with van der Waals surface area (Å²) in [6.45, 7) is 14.0. The lowest BCUT2D eigenvalue weighted by Gasteiger charge is -2.15. The topological polar surface area (TPSA) is 64.5 Å². The van der Waals surface area contributed by atoms with Crippen LogP contribution < -0.4 is 0 Å². The van der Waals surface area contributed by atoms with Crippen LogP contribution in [0.2, 0.25) is 0 Å². The van der Waals surface area contributed by atoms with E-state index in [1.54, 1.807) is 6.08 Å². The van der Waals surface area contributed by atoms with E-state index in [1.165, 1.54) is 0 Å². The number of aromatic nitrogens is 5. The zero-order chi connectivity index (χ0) is 36.9. The molecule has 3 aromatic heterocycles. The summed E-state index contributed by atoms with van der Waals surface area (Å²) in [6.07, 6.45) is 7.77. The van der Waals surface area contributed by atoms with E-state index in [1.807, 2.05) is 32.1 Å². The summed E-state index contributed by atoms with van der Waals surface area (Å²) in [6, 6.07) is 42.1. The van der Waals surface area contributed by atoms with Crippen LogP contribution in [0.1, 0.15) is 35.3 Å². The number of rotatable bonds is 9. The number of hydrogen-bond donors (Lipinski definition) is 0. The van der Waals surface area contributed by atoms with Gasteiger partial charge in [-0.25, -0.2) is 15.0 Å². The first-order valence-electron chi connectivity index (χ1n) is 17.8. The first-order valence-corrected chi connectivity index (χ1v) is 17.8. The zero-order valence-electron chi connectivity index (χ0n) is 30.8. The van der Waals surface area contributed by atoms with Gasteiger partial charge < -0.3 is 0 Å². The monoisotopic (exact) mass is 687 g/mol. The van der Waals surface area contributed by atoms with Crippen molar-refractivity contribution < 1.29 is 0 Å². The van der Waals surface area contributed by atoms with Gasteiger partial charge in [0.1, 0.15) is 0 Å². The molecule has 5 heteroatoms. The van der Waals surface area contributed by atoms with Crippen LogP contribution in [0.4, 0.5) is 0 Å². The second kappa shape index (κ2) is 15.3. The fraction of sp³-hybridized carbons (Fsp3) is 0.104. The van der Waals surface area contributed by atoms with Crippen LogP contribution in [-0.4, -0.2) is 24.9 Å². The number of pyridine rings is 2. The molecule has 4 aromatic carbocycles. The van der Waals surface area contributed by atoms with Gasteiger partial charge in [-0.05, 0) is 110 Å². The first kappa shape index (κ1) is 34.8. The largest absolute Gasteiger partial charge is 0.258 e. The van der Waals surface area contributed by atoms with Gasteiger partial charge in [-0.1, -0.05) is 110 Å². The highest BCUT2D eigenvalue weighted by molar-refractivity contribution is 5.82. The third-order valence-corrected chi connectivity index (χ3v) is 9.30. The Morgan fingerprint density at radius 2 is 0.943 bits per heavy atom. The molecular formula is C48H41N5. The number of benzene rings is 4. The molecule has 0 radical (unpaired) electrons. The molecule has 0 atom stereocenters. The van der Waals surface area contributed by atoms with Gasteiger partial charge in [0.15, 0.2) is 17.5 Å². The van der Waals surface area contributed by atoms with Gasteiger partial charge in [0, 0.05) is 50.6 Å². The van der Waals surface area contributed by atoms with Crippen LogP contribution in [-0.2, 0) is 0 Å². The van der Waals surface area contributed by atoms with Crippen molar-refractivity contribution in [2.24, 2.45) is 0 Å². The lowest BCUT2D eigenvalue weighted by Crippen LogP contribution is -2.01. The predicted octanol–water partition coefficient (Wildman–Crippen LogP) is 12.0. The fourth-order valence-electron chi connectivity index (χ4n) is 6.56. The van der Waals surface area contributed by atoms with Crippen molar-refractivity contribution in [3.8, 4) is 67.5 Å². The van der Waals surface area contributed by atoms with Gasteiger partial charge in [0.25, 0.3) is 0 Å². The Morgan fingerprint density at radius 3 is 1.53 bits per heavy atom. The molecule has 0 aliphatic rings. The van der Waals surface area contributed by atoms with E-state index in [9.17, 15) is 0 Å². The highest BCUT2D eigenvalue weighted by atomic mass is 15.0. The molecule has 5 nitrogen and oxygen atoms in total. The summed E-state index contributed by atoms with van der Waals surface area (Å²) in [5.41, 5.74) is 15.2. The molecule has 0 saturated heterocycles. The van der Waals surface area contributed by atoms with Gasteiger partial charge in [-0.2, -0.15) is 0 Å². The molecule has 0 bridgehead atoms. The molecule has 7 rings (SSSR count).